The molecular formula is C14H19N3. The molecule has 2 rings (SSSR count). The molecule has 1 atom stereocenters. The molecule has 1 aliphatic heterocycles. The summed E-state index contributed by atoms with van der Waals surface area (Å²) in [6.07, 6.45) is 1.24. The van der Waals surface area contributed by atoms with Crippen molar-refractivity contribution in [1.82, 2.24) is 0 Å². The van der Waals surface area contributed by atoms with Crippen LogP contribution < -0.4 is 10.6 Å². The van der Waals surface area contributed by atoms with E-state index in [1.165, 1.54) is 6.42 Å². The van der Waals surface area contributed by atoms with Gasteiger partial charge in [-0.2, -0.15) is 5.26 Å². The molecule has 3 heteroatoms. The number of nitriles is 1. The summed E-state index contributed by atoms with van der Waals surface area (Å²) < 4.78 is 0. The second-order valence-corrected chi connectivity index (χ2v) is 5.12. The average molecular weight is 229 g/mol. The number of nitrogens with two attached hydrogens (primary N) is 1. The number of anilines is 2. The van der Waals surface area contributed by atoms with Gasteiger partial charge in [0.15, 0.2) is 0 Å². The minimum absolute atomic E-state index is 0.566. The van der Waals surface area contributed by atoms with E-state index in [0.717, 1.165) is 30.6 Å². The van der Waals surface area contributed by atoms with Crippen LogP contribution in [0.1, 0.15) is 25.8 Å². The van der Waals surface area contributed by atoms with Crippen molar-refractivity contribution < 1.29 is 0 Å². The molecule has 17 heavy (non-hydrogen) atoms. The van der Waals surface area contributed by atoms with E-state index in [2.05, 4.69) is 24.8 Å². The summed E-state index contributed by atoms with van der Waals surface area (Å²) in [5.74, 6) is 1.49. The SMILES string of the molecule is CC(C)C1CCN(c2ccc(N)c(C#N)c2)C1. The molecule has 1 fully saturated rings. The highest BCUT2D eigenvalue weighted by molar-refractivity contribution is 5.63. The molecule has 3 nitrogen and oxygen atoms in total. The Hall–Kier alpha value is -1.69. The van der Waals surface area contributed by atoms with Gasteiger partial charge in [0.25, 0.3) is 0 Å². The normalized spacial score (nSPS) is 19.6. The number of hydrogen-bond acceptors (Lipinski definition) is 3. The van der Waals surface area contributed by atoms with Gasteiger partial charge in [-0.05, 0) is 36.5 Å². The lowest BCUT2D eigenvalue weighted by molar-refractivity contribution is 0.423. The first-order valence-corrected chi connectivity index (χ1v) is 6.16. The van der Waals surface area contributed by atoms with E-state index in [1.54, 1.807) is 0 Å². The lowest BCUT2D eigenvalue weighted by Crippen LogP contribution is -2.21. The molecule has 0 spiro atoms. The molecule has 90 valence electrons. The van der Waals surface area contributed by atoms with Crippen LogP contribution in [0, 0.1) is 23.2 Å². The van der Waals surface area contributed by atoms with E-state index >= 15 is 0 Å². The van der Waals surface area contributed by atoms with Crippen LogP contribution in [0.15, 0.2) is 18.2 Å². The quantitative estimate of drug-likeness (QED) is 0.793. The van der Waals surface area contributed by atoms with Crippen molar-refractivity contribution in [2.75, 3.05) is 23.7 Å². The van der Waals surface area contributed by atoms with Crippen LogP contribution >= 0.6 is 0 Å². The summed E-state index contributed by atoms with van der Waals surface area (Å²) in [5, 5.41) is 8.98. The molecule has 1 aromatic rings. The number of benzene rings is 1. The van der Waals surface area contributed by atoms with E-state index in [9.17, 15) is 0 Å². The zero-order valence-corrected chi connectivity index (χ0v) is 10.5. The second-order valence-electron chi connectivity index (χ2n) is 5.12. The first-order valence-electron chi connectivity index (χ1n) is 6.16. The molecule has 1 heterocycles. The van der Waals surface area contributed by atoms with Crippen molar-refractivity contribution in [3.63, 3.8) is 0 Å². The lowest BCUT2D eigenvalue weighted by atomic mass is 9.95. The molecule has 1 saturated heterocycles. The number of hydrogen-bond donors (Lipinski definition) is 1. The molecule has 2 N–H and O–H groups in total. The third kappa shape index (κ3) is 2.36. The van der Waals surface area contributed by atoms with Crippen LogP contribution in [0.25, 0.3) is 0 Å². The third-order valence-electron chi connectivity index (χ3n) is 3.69. The van der Waals surface area contributed by atoms with Gasteiger partial charge in [0, 0.05) is 24.5 Å². The fraction of sp³-hybridized carbons (Fsp3) is 0.500. The van der Waals surface area contributed by atoms with Gasteiger partial charge in [-0.25, -0.2) is 0 Å². The van der Waals surface area contributed by atoms with E-state index in [1.807, 2.05) is 18.2 Å². The van der Waals surface area contributed by atoms with E-state index < -0.39 is 0 Å². The second kappa shape index (κ2) is 4.67. The first kappa shape index (κ1) is 11.8. The van der Waals surface area contributed by atoms with Crippen LogP contribution in [0.2, 0.25) is 0 Å². The average Bonchev–Trinajstić information content (AvgIpc) is 2.79. The van der Waals surface area contributed by atoms with Gasteiger partial charge < -0.3 is 10.6 Å². The van der Waals surface area contributed by atoms with Crippen LogP contribution in [-0.4, -0.2) is 13.1 Å². The monoisotopic (exact) mass is 229 g/mol. The van der Waals surface area contributed by atoms with Crippen LogP contribution in [0.5, 0.6) is 0 Å². The van der Waals surface area contributed by atoms with Gasteiger partial charge in [0.05, 0.1) is 5.56 Å². The Labute approximate surface area is 103 Å². The number of nitrogen functional groups attached to an aromatic ring is 1. The van der Waals surface area contributed by atoms with Crippen molar-refractivity contribution in [2.24, 2.45) is 11.8 Å². The first-order chi connectivity index (χ1) is 8.11. The van der Waals surface area contributed by atoms with Crippen molar-refractivity contribution >= 4 is 11.4 Å². The van der Waals surface area contributed by atoms with Crippen LogP contribution in [0.4, 0.5) is 11.4 Å². The molecule has 1 unspecified atom stereocenters. The highest BCUT2D eigenvalue weighted by Crippen LogP contribution is 2.29. The Morgan fingerprint density at radius 3 is 2.82 bits per heavy atom. The molecule has 0 aromatic heterocycles. The third-order valence-corrected chi connectivity index (χ3v) is 3.69. The molecule has 0 aliphatic carbocycles. The maximum Gasteiger partial charge on any atom is 0.101 e. The molecular weight excluding hydrogens is 210 g/mol. The minimum atomic E-state index is 0.566. The summed E-state index contributed by atoms with van der Waals surface area (Å²) in [7, 11) is 0. The predicted octanol–water partition coefficient (Wildman–Crippen LogP) is 2.62. The summed E-state index contributed by atoms with van der Waals surface area (Å²) in [6, 6.07) is 7.88. The van der Waals surface area contributed by atoms with Gasteiger partial charge in [0.1, 0.15) is 6.07 Å². The van der Waals surface area contributed by atoms with Gasteiger partial charge in [-0.1, -0.05) is 13.8 Å². The molecule has 0 amide bonds. The van der Waals surface area contributed by atoms with Gasteiger partial charge in [-0.3, -0.25) is 0 Å². The Kier molecular flexibility index (Phi) is 3.23. The largest absolute Gasteiger partial charge is 0.398 e. The topological polar surface area (TPSA) is 53.0 Å². The molecule has 1 aliphatic rings. The summed E-state index contributed by atoms with van der Waals surface area (Å²) in [6.45, 7) is 6.72. The smallest absolute Gasteiger partial charge is 0.101 e. The Bertz CT molecular complexity index is 445. The minimum Gasteiger partial charge on any atom is -0.398 e. The Morgan fingerprint density at radius 2 is 2.24 bits per heavy atom. The van der Waals surface area contributed by atoms with Gasteiger partial charge in [0.2, 0.25) is 0 Å². The van der Waals surface area contributed by atoms with Crippen molar-refractivity contribution in [3.8, 4) is 6.07 Å². The van der Waals surface area contributed by atoms with E-state index in [-0.39, 0.29) is 0 Å². The summed E-state index contributed by atoms with van der Waals surface area (Å²) in [4.78, 5) is 2.35. The van der Waals surface area contributed by atoms with Crippen molar-refractivity contribution in [2.45, 2.75) is 20.3 Å². The molecule has 0 saturated carbocycles. The molecule has 0 radical (unpaired) electrons. The molecule has 1 aromatic carbocycles. The van der Waals surface area contributed by atoms with Crippen LogP contribution in [-0.2, 0) is 0 Å². The summed E-state index contributed by atoms with van der Waals surface area (Å²) >= 11 is 0. The maximum atomic E-state index is 8.98. The summed E-state index contributed by atoms with van der Waals surface area (Å²) in [5.41, 5.74) is 8.00. The van der Waals surface area contributed by atoms with E-state index in [0.29, 0.717) is 11.3 Å². The maximum absolute atomic E-state index is 8.98. The van der Waals surface area contributed by atoms with E-state index in [4.69, 9.17) is 11.0 Å². The Morgan fingerprint density at radius 1 is 1.47 bits per heavy atom. The highest BCUT2D eigenvalue weighted by atomic mass is 15.1. The van der Waals surface area contributed by atoms with Gasteiger partial charge >= 0.3 is 0 Å². The van der Waals surface area contributed by atoms with Crippen molar-refractivity contribution in [1.29, 1.82) is 5.26 Å². The highest BCUT2D eigenvalue weighted by Gasteiger charge is 2.25. The predicted molar refractivity (Wildman–Crippen MR) is 70.7 cm³/mol. The lowest BCUT2D eigenvalue weighted by Gasteiger charge is -2.20. The van der Waals surface area contributed by atoms with Gasteiger partial charge in [-0.15, -0.1) is 0 Å². The fourth-order valence-corrected chi connectivity index (χ4v) is 2.40. The fourth-order valence-electron chi connectivity index (χ4n) is 2.40. The zero-order chi connectivity index (χ0) is 12.4. The number of rotatable bonds is 2. The standard InChI is InChI=1S/C14H19N3/c1-10(2)11-5-6-17(9-11)13-3-4-14(16)12(7-13)8-15/h3-4,7,10-11H,5-6,9,16H2,1-2H3. The molecule has 0 bridgehead atoms. The number of nitrogens with zero attached hydrogens (tertiary/aromatic N) is 2. The zero-order valence-electron chi connectivity index (χ0n) is 10.5. The van der Waals surface area contributed by atoms with Crippen molar-refractivity contribution in [3.05, 3.63) is 23.8 Å². The van der Waals surface area contributed by atoms with Crippen LogP contribution in [0.3, 0.4) is 0 Å². The Balaban J connectivity index is 2.17.